The molecule has 4 nitrogen and oxygen atoms in total. The third-order valence-electron chi connectivity index (χ3n) is 5.94. The summed E-state index contributed by atoms with van der Waals surface area (Å²) in [6, 6.07) is 7.19. The Kier molecular flexibility index (Phi) is 5.90. The lowest BCUT2D eigenvalue weighted by atomic mass is 9.68. The number of hydrogen-bond donors (Lipinski definition) is 2. The Bertz CT molecular complexity index is 542. The molecular weight excluding hydrogens is 300 g/mol. The van der Waals surface area contributed by atoms with Crippen LogP contribution in [0.25, 0.3) is 0 Å². The van der Waals surface area contributed by atoms with Gasteiger partial charge in [-0.05, 0) is 61.9 Å². The van der Waals surface area contributed by atoms with E-state index in [-0.39, 0.29) is 0 Å². The van der Waals surface area contributed by atoms with Crippen LogP contribution in [-0.2, 0) is 6.54 Å². The Balaban J connectivity index is 1.35. The molecule has 1 aliphatic carbocycles. The van der Waals surface area contributed by atoms with Gasteiger partial charge in [-0.1, -0.05) is 31.4 Å². The molecule has 1 aliphatic heterocycles. The van der Waals surface area contributed by atoms with Crippen molar-refractivity contribution in [2.75, 3.05) is 26.2 Å². The summed E-state index contributed by atoms with van der Waals surface area (Å²) < 4.78 is 0. The van der Waals surface area contributed by atoms with Gasteiger partial charge in [0.15, 0.2) is 0 Å². The molecule has 1 saturated heterocycles. The lowest BCUT2D eigenvalue weighted by molar-refractivity contribution is 0.0682. The molecule has 0 amide bonds. The van der Waals surface area contributed by atoms with Gasteiger partial charge in [0, 0.05) is 19.6 Å². The molecule has 0 bridgehead atoms. The molecule has 0 radical (unpaired) electrons. The number of carboxylic acids is 1. The molecule has 0 aromatic heterocycles. The van der Waals surface area contributed by atoms with Gasteiger partial charge in [0.25, 0.3) is 0 Å². The van der Waals surface area contributed by atoms with Crippen molar-refractivity contribution in [1.82, 2.24) is 10.2 Å². The van der Waals surface area contributed by atoms with Gasteiger partial charge < -0.3 is 15.3 Å². The maximum Gasteiger partial charge on any atom is 0.335 e. The highest BCUT2D eigenvalue weighted by Crippen LogP contribution is 2.44. The predicted molar refractivity (Wildman–Crippen MR) is 96.3 cm³/mol. The van der Waals surface area contributed by atoms with Gasteiger partial charge in [-0.2, -0.15) is 0 Å². The molecule has 1 heterocycles. The van der Waals surface area contributed by atoms with Crippen molar-refractivity contribution in [3.05, 3.63) is 35.4 Å². The van der Waals surface area contributed by atoms with Crippen molar-refractivity contribution in [3.8, 4) is 0 Å². The second kappa shape index (κ2) is 8.13. The Morgan fingerprint density at radius 1 is 1.12 bits per heavy atom. The average molecular weight is 330 g/mol. The highest BCUT2D eigenvalue weighted by Gasteiger charge is 2.35. The smallest absolute Gasteiger partial charge is 0.335 e. The van der Waals surface area contributed by atoms with Crippen LogP contribution in [-0.4, -0.2) is 42.2 Å². The van der Waals surface area contributed by atoms with Gasteiger partial charge in [0.2, 0.25) is 0 Å². The first-order valence-electron chi connectivity index (χ1n) is 9.42. The SMILES string of the molecule is O=C(O)c1cccc(CNCCN2CCC3(CCCCC3)CC2)c1. The monoisotopic (exact) mass is 330 g/mol. The minimum Gasteiger partial charge on any atom is -0.478 e. The third-order valence-corrected chi connectivity index (χ3v) is 5.94. The minimum atomic E-state index is -0.859. The summed E-state index contributed by atoms with van der Waals surface area (Å²) in [5.74, 6) is -0.859. The number of nitrogens with zero attached hydrogens (tertiary/aromatic N) is 1. The molecule has 0 unspecified atom stereocenters. The number of carboxylic acid groups (broad SMARTS) is 1. The topological polar surface area (TPSA) is 52.6 Å². The van der Waals surface area contributed by atoms with Gasteiger partial charge in [-0.25, -0.2) is 4.79 Å². The van der Waals surface area contributed by atoms with E-state index in [9.17, 15) is 4.79 Å². The van der Waals surface area contributed by atoms with Crippen molar-refractivity contribution < 1.29 is 9.90 Å². The standard InChI is InChI=1S/C20H30N2O2/c23-19(24)18-6-4-5-17(15-18)16-21-11-14-22-12-9-20(10-13-22)7-2-1-3-8-20/h4-6,15,21H,1-3,7-14,16H2,(H,23,24). The van der Waals surface area contributed by atoms with E-state index >= 15 is 0 Å². The Hall–Kier alpha value is -1.39. The number of benzene rings is 1. The molecule has 0 atom stereocenters. The zero-order valence-electron chi connectivity index (χ0n) is 14.6. The molecule has 2 N–H and O–H groups in total. The van der Waals surface area contributed by atoms with Crippen LogP contribution in [0.1, 0.15) is 60.9 Å². The molecule has 1 saturated carbocycles. The molecule has 24 heavy (non-hydrogen) atoms. The summed E-state index contributed by atoms with van der Waals surface area (Å²) in [7, 11) is 0. The Morgan fingerprint density at radius 3 is 2.58 bits per heavy atom. The van der Waals surface area contributed by atoms with Crippen molar-refractivity contribution in [3.63, 3.8) is 0 Å². The zero-order valence-corrected chi connectivity index (χ0v) is 14.6. The van der Waals surface area contributed by atoms with E-state index in [2.05, 4.69) is 10.2 Å². The van der Waals surface area contributed by atoms with Gasteiger partial charge in [0.1, 0.15) is 0 Å². The summed E-state index contributed by atoms with van der Waals surface area (Å²) in [6.07, 6.45) is 10.0. The maximum absolute atomic E-state index is 11.0. The molecule has 1 aromatic rings. The first kappa shape index (κ1) is 17.4. The van der Waals surface area contributed by atoms with Crippen LogP contribution in [0.5, 0.6) is 0 Å². The van der Waals surface area contributed by atoms with Crippen molar-refractivity contribution >= 4 is 5.97 Å². The summed E-state index contributed by atoms with van der Waals surface area (Å²) in [4.78, 5) is 13.6. The molecule has 2 fully saturated rings. The van der Waals surface area contributed by atoms with Crippen LogP contribution >= 0.6 is 0 Å². The summed E-state index contributed by atoms with van der Waals surface area (Å²) in [6.45, 7) is 5.28. The van der Waals surface area contributed by atoms with Gasteiger partial charge in [-0.3, -0.25) is 0 Å². The van der Waals surface area contributed by atoms with Crippen LogP contribution in [0.4, 0.5) is 0 Å². The lowest BCUT2D eigenvalue weighted by Crippen LogP contribution is -2.43. The van der Waals surface area contributed by atoms with Crippen LogP contribution < -0.4 is 5.32 Å². The molecule has 3 rings (SSSR count). The van der Waals surface area contributed by atoms with Crippen LogP contribution in [0, 0.1) is 5.41 Å². The second-order valence-corrected chi connectivity index (χ2v) is 7.58. The minimum absolute atomic E-state index is 0.364. The molecular formula is C20H30N2O2. The number of nitrogens with one attached hydrogen (secondary N) is 1. The maximum atomic E-state index is 11.0. The van der Waals surface area contributed by atoms with Crippen molar-refractivity contribution in [1.29, 1.82) is 0 Å². The number of likely N-dealkylation sites (tertiary alicyclic amines) is 1. The first-order valence-corrected chi connectivity index (χ1v) is 9.42. The van der Waals surface area contributed by atoms with E-state index < -0.39 is 5.97 Å². The number of aromatic carboxylic acids is 1. The van der Waals surface area contributed by atoms with E-state index in [0.29, 0.717) is 11.0 Å². The van der Waals surface area contributed by atoms with Crippen LogP contribution in [0.15, 0.2) is 24.3 Å². The van der Waals surface area contributed by atoms with Crippen molar-refractivity contribution in [2.24, 2.45) is 5.41 Å². The average Bonchev–Trinajstić information content (AvgIpc) is 2.61. The van der Waals surface area contributed by atoms with E-state index in [1.165, 1.54) is 58.0 Å². The summed E-state index contributed by atoms with van der Waals surface area (Å²) in [5.41, 5.74) is 2.08. The van der Waals surface area contributed by atoms with Crippen molar-refractivity contribution in [2.45, 2.75) is 51.5 Å². The summed E-state index contributed by atoms with van der Waals surface area (Å²) in [5, 5.41) is 12.5. The fraction of sp³-hybridized carbons (Fsp3) is 0.650. The Morgan fingerprint density at radius 2 is 1.88 bits per heavy atom. The molecule has 132 valence electrons. The molecule has 2 aliphatic rings. The number of carbonyl (C=O) groups is 1. The fourth-order valence-corrected chi connectivity index (χ4v) is 4.34. The Labute approximate surface area is 145 Å². The summed E-state index contributed by atoms with van der Waals surface area (Å²) >= 11 is 0. The van der Waals surface area contributed by atoms with Gasteiger partial charge in [0.05, 0.1) is 5.56 Å². The van der Waals surface area contributed by atoms with E-state index in [1.54, 1.807) is 12.1 Å². The van der Waals surface area contributed by atoms with Gasteiger partial charge >= 0.3 is 5.97 Å². The predicted octanol–water partition coefficient (Wildman–Crippen LogP) is 3.52. The largest absolute Gasteiger partial charge is 0.478 e. The third kappa shape index (κ3) is 4.58. The number of hydrogen-bond acceptors (Lipinski definition) is 3. The normalized spacial score (nSPS) is 21.0. The quantitative estimate of drug-likeness (QED) is 0.784. The number of rotatable bonds is 6. The lowest BCUT2D eigenvalue weighted by Gasteiger charge is -2.44. The van der Waals surface area contributed by atoms with E-state index in [0.717, 1.165) is 25.2 Å². The molecule has 4 heteroatoms. The number of piperidine rings is 1. The first-order chi connectivity index (χ1) is 11.7. The van der Waals surface area contributed by atoms with Crippen LogP contribution in [0.3, 0.4) is 0 Å². The highest BCUT2D eigenvalue weighted by molar-refractivity contribution is 5.87. The zero-order chi connectivity index (χ0) is 16.8. The highest BCUT2D eigenvalue weighted by atomic mass is 16.4. The molecule has 1 spiro atoms. The fourth-order valence-electron chi connectivity index (χ4n) is 4.34. The van der Waals surface area contributed by atoms with Crippen LogP contribution in [0.2, 0.25) is 0 Å². The van der Waals surface area contributed by atoms with Gasteiger partial charge in [-0.15, -0.1) is 0 Å². The van der Waals surface area contributed by atoms with E-state index in [4.69, 9.17) is 5.11 Å². The second-order valence-electron chi connectivity index (χ2n) is 7.58. The molecule has 1 aromatic carbocycles. The van der Waals surface area contributed by atoms with E-state index in [1.807, 2.05) is 12.1 Å².